The standard InChI is InChI=1S/C30H43NO9/c1-17(2)29(40-25-16-23(33)27(36)20(5)39-25)19(4)15-18(3)11-9-7-8-10-12-22(32)26-28(37)21(13-14-24(34)35)31(6)30(26)38/h7-12,15,17,19-21,23,25,27,29,32-33,36H,13-14,16H2,1-6H3,(H,34,35)/t19?,20-,21?,23+,25+,27-,29?/m1/s1. The Hall–Kier alpha value is -3.05. The topological polar surface area (TPSA) is 154 Å². The molecule has 0 aliphatic carbocycles. The average Bonchev–Trinajstić information content (AvgIpc) is 3.08. The lowest BCUT2D eigenvalue weighted by molar-refractivity contribution is -0.267. The number of likely N-dealkylation sites (N-methyl/N-ethyl adjacent to an activating group) is 1. The number of amides is 1. The Morgan fingerprint density at radius 3 is 2.30 bits per heavy atom. The van der Waals surface area contributed by atoms with Gasteiger partial charge in [0.25, 0.3) is 5.91 Å². The third-order valence-electron chi connectivity index (χ3n) is 7.07. The Labute approximate surface area is 236 Å². The number of carbonyl (C=O) groups is 3. The number of aliphatic carboxylic acids is 1. The summed E-state index contributed by atoms with van der Waals surface area (Å²) in [4.78, 5) is 36.9. The molecule has 0 aromatic heterocycles. The predicted octanol–water partition coefficient (Wildman–Crippen LogP) is 3.22. The van der Waals surface area contributed by atoms with Crippen molar-refractivity contribution in [3.05, 3.63) is 59.4 Å². The highest BCUT2D eigenvalue weighted by molar-refractivity contribution is 6.26. The van der Waals surface area contributed by atoms with Crippen LogP contribution in [0, 0.1) is 11.8 Å². The summed E-state index contributed by atoms with van der Waals surface area (Å²) in [7, 11) is 1.41. The van der Waals surface area contributed by atoms with E-state index in [9.17, 15) is 29.7 Å². The molecular formula is C30H43NO9. The van der Waals surface area contributed by atoms with Crippen molar-refractivity contribution in [2.24, 2.45) is 11.8 Å². The lowest BCUT2D eigenvalue weighted by atomic mass is 9.92. The SMILES string of the molecule is CC(C=CC=CC=CC(O)=C1C(=O)C(CCC(=O)O)N(C)C1=O)=CC(C)C(O[C@H]1C[C@H](O)[C@H](O)[C@@H](C)O1)C(C)C. The zero-order valence-corrected chi connectivity index (χ0v) is 24.1. The molecule has 3 unspecified atom stereocenters. The van der Waals surface area contributed by atoms with Crippen LogP contribution in [0.2, 0.25) is 0 Å². The lowest BCUT2D eigenvalue weighted by Crippen LogP contribution is -2.49. The molecule has 4 N–H and O–H groups in total. The molecule has 0 aromatic carbocycles. The molecule has 0 saturated carbocycles. The summed E-state index contributed by atoms with van der Waals surface area (Å²) in [6, 6.07) is -0.899. The minimum Gasteiger partial charge on any atom is -0.507 e. The molecule has 0 aromatic rings. The number of ether oxygens (including phenoxy) is 2. The van der Waals surface area contributed by atoms with Crippen molar-refractivity contribution in [1.82, 2.24) is 4.90 Å². The van der Waals surface area contributed by atoms with E-state index in [0.717, 1.165) is 10.5 Å². The van der Waals surface area contributed by atoms with Crippen LogP contribution >= 0.6 is 0 Å². The van der Waals surface area contributed by atoms with Gasteiger partial charge < -0.3 is 34.8 Å². The third kappa shape index (κ3) is 8.99. The number of likely N-dealkylation sites (tertiary alicyclic amines) is 1. The number of aliphatic hydroxyl groups excluding tert-OH is 3. The Morgan fingerprint density at radius 1 is 1.10 bits per heavy atom. The average molecular weight is 562 g/mol. The highest BCUT2D eigenvalue weighted by Gasteiger charge is 2.42. The Bertz CT molecular complexity index is 1060. The first-order chi connectivity index (χ1) is 18.7. The van der Waals surface area contributed by atoms with Crippen LogP contribution in [-0.2, 0) is 23.9 Å². The number of carboxylic acids is 1. The Balaban J connectivity index is 1.97. The quantitative estimate of drug-likeness (QED) is 0.122. The fourth-order valence-electron chi connectivity index (χ4n) is 4.89. The fourth-order valence-corrected chi connectivity index (χ4v) is 4.89. The molecule has 0 radical (unpaired) electrons. The number of rotatable bonds is 12. The van der Waals surface area contributed by atoms with Crippen molar-refractivity contribution < 1.29 is 44.3 Å². The van der Waals surface area contributed by atoms with Gasteiger partial charge in [-0.25, -0.2) is 0 Å². The minimum absolute atomic E-state index is 0.0159. The van der Waals surface area contributed by atoms with Gasteiger partial charge in [0, 0.05) is 25.8 Å². The molecule has 2 saturated heterocycles. The minimum atomic E-state index is -1.06. The number of ketones is 1. The van der Waals surface area contributed by atoms with Crippen LogP contribution in [0.25, 0.3) is 0 Å². The maximum absolute atomic E-state index is 12.5. The molecule has 2 rings (SSSR count). The largest absolute Gasteiger partial charge is 0.507 e. The van der Waals surface area contributed by atoms with Gasteiger partial charge in [0.05, 0.1) is 24.4 Å². The van der Waals surface area contributed by atoms with E-state index in [2.05, 4.69) is 19.9 Å². The Kier molecular flexibility index (Phi) is 12.5. The van der Waals surface area contributed by atoms with Crippen LogP contribution in [0.3, 0.4) is 0 Å². The zero-order chi connectivity index (χ0) is 30.1. The van der Waals surface area contributed by atoms with E-state index in [1.54, 1.807) is 19.1 Å². The first kappa shape index (κ1) is 33.2. The number of carboxylic acid groups (broad SMARTS) is 1. The van der Waals surface area contributed by atoms with Crippen LogP contribution in [0.5, 0.6) is 0 Å². The van der Waals surface area contributed by atoms with Crippen molar-refractivity contribution in [3.8, 4) is 0 Å². The van der Waals surface area contributed by atoms with Gasteiger partial charge in [0.15, 0.2) is 12.1 Å². The number of hydrogen-bond acceptors (Lipinski definition) is 8. The number of aliphatic hydroxyl groups is 3. The summed E-state index contributed by atoms with van der Waals surface area (Å²) in [5.74, 6) is -2.52. The molecule has 2 heterocycles. The molecule has 10 heteroatoms. The first-order valence-corrected chi connectivity index (χ1v) is 13.6. The van der Waals surface area contributed by atoms with E-state index in [0.29, 0.717) is 0 Å². The van der Waals surface area contributed by atoms with Crippen molar-refractivity contribution in [2.45, 2.75) is 90.6 Å². The second-order valence-electron chi connectivity index (χ2n) is 10.8. The fraction of sp³-hybridized carbons (Fsp3) is 0.567. The van der Waals surface area contributed by atoms with E-state index >= 15 is 0 Å². The number of carbonyl (C=O) groups excluding carboxylic acids is 2. The van der Waals surface area contributed by atoms with Crippen molar-refractivity contribution in [1.29, 1.82) is 0 Å². The molecule has 0 spiro atoms. The second kappa shape index (κ2) is 15.1. The molecule has 40 heavy (non-hydrogen) atoms. The predicted molar refractivity (Wildman–Crippen MR) is 149 cm³/mol. The van der Waals surface area contributed by atoms with E-state index < -0.39 is 54.1 Å². The van der Waals surface area contributed by atoms with Crippen LogP contribution in [0.4, 0.5) is 0 Å². The summed E-state index contributed by atoms with van der Waals surface area (Å²) in [5, 5.41) is 39.1. The molecule has 7 atom stereocenters. The molecular weight excluding hydrogens is 518 g/mol. The van der Waals surface area contributed by atoms with Crippen molar-refractivity contribution in [3.63, 3.8) is 0 Å². The van der Waals surface area contributed by atoms with Gasteiger partial charge in [-0.15, -0.1) is 0 Å². The molecule has 10 nitrogen and oxygen atoms in total. The van der Waals surface area contributed by atoms with Gasteiger partial charge in [-0.05, 0) is 32.3 Å². The van der Waals surface area contributed by atoms with Gasteiger partial charge in [-0.2, -0.15) is 0 Å². The van der Waals surface area contributed by atoms with E-state index in [1.807, 2.05) is 26.0 Å². The summed E-state index contributed by atoms with van der Waals surface area (Å²) in [6.07, 6.45) is 8.75. The molecule has 2 aliphatic heterocycles. The van der Waals surface area contributed by atoms with Gasteiger partial charge in [0.1, 0.15) is 17.4 Å². The number of Topliss-reactive ketones (excluding diaryl/α,β-unsaturated/α-hetero) is 1. The molecule has 0 bridgehead atoms. The zero-order valence-electron chi connectivity index (χ0n) is 24.1. The summed E-state index contributed by atoms with van der Waals surface area (Å²) in [5.41, 5.74) is 0.651. The second-order valence-corrected chi connectivity index (χ2v) is 10.8. The number of nitrogens with zero attached hydrogens (tertiary/aromatic N) is 1. The highest BCUT2D eigenvalue weighted by Crippen LogP contribution is 2.28. The molecule has 2 fully saturated rings. The van der Waals surface area contributed by atoms with Gasteiger partial charge in [-0.3, -0.25) is 14.4 Å². The molecule has 1 amide bonds. The van der Waals surface area contributed by atoms with Gasteiger partial charge in [0.2, 0.25) is 0 Å². The van der Waals surface area contributed by atoms with E-state index in [4.69, 9.17) is 14.6 Å². The monoisotopic (exact) mass is 561 g/mol. The van der Waals surface area contributed by atoms with Crippen LogP contribution in [0.1, 0.15) is 53.9 Å². The lowest BCUT2D eigenvalue weighted by Gasteiger charge is -2.38. The van der Waals surface area contributed by atoms with Gasteiger partial charge in [-0.1, -0.05) is 62.8 Å². The third-order valence-corrected chi connectivity index (χ3v) is 7.07. The highest BCUT2D eigenvalue weighted by atomic mass is 16.7. The molecule has 2 aliphatic rings. The summed E-state index contributed by atoms with van der Waals surface area (Å²) in [6.45, 7) is 9.82. The summed E-state index contributed by atoms with van der Waals surface area (Å²) >= 11 is 0. The smallest absolute Gasteiger partial charge is 0.303 e. The number of hydrogen-bond donors (Lipinski definition) is 4. The maximum Gasteiger partial charge on any atom is 0.303 e. The van der Waals surface area contributed by atoms with Crippen LogP contribution < -0.4 is 0 Å². The van der Waals surface area contributed by atoms with E-state index in [-0.39, 0.29) is 42.8 Å². The number of allylic oxidation sites excluding steroid dienone is 7. The summed E-state index contributed by atoms with van der Waals surface area (Å²) < 4.78 is 11.9. The maximum atomic E-state index is 12.5. The van der Waals surface area contributed by atoms with Gasteiger partial charge >= 0.3 is 5.97 Å². The van der Waals surface area contributed by atoms with E-state index in [1.165, 1.54) is 19.2 Å². The van der Waals surface area contributed by atoms with Crippen molar-refractivity contribution in [2.75, 3.05) is 7.05 Å². The van der Waals surface area contributed by atoms with Crippen LogP contribution in [-0.4, -0.2) is 86.8 Å². The first-order valence-electron chi connectivity index (χ1n) is 13.6. The molecule has 222 valence electrons. The Morgan fingerprint density at radius 2 is 1.73 bits per heavy atom. The normalized spacial score (nSPS) is 29.4. The van der Waals surface area contributed by atoms with Crippen molar-refractivity contribution >= 4 is 17.7 Å². The van der Waals surface area contributed by atoms with Crippen LogP contribution in [0.15, 0.2) is 59.4 Å².